The first-order chi connectivity index (χ1) is 16.4. The third kappa shape index (κ3) is 6.57. The van der Waals surface area contributed by atoms with Crippen molar-refractivity contribution < 1.29 is 14.5 Å². The summed E-state index contributed by atoms with van der Waals surface area (Å²) in [5.74, 6) is -0.508. The number of rotatable bonds is 5. The minimum absolute atomic E-state index is 0. The number of nitrogens with one attached hydrogen (secondary N) is 2. The summed E-state index contributed by atoms with van der Waals surface area (Å²) in [4.78, 5) is 30.5. The number of ether oxygens (including phenoxy) is 1. The van der Waals surface area contributed by atoms with Gasteiger partial charge < -0.3 is 24.8 Å². The molecule has 2 N–H and O–H groups in total. The Morgan fingerprint density at radius 2 is 1.66 bits per heavy atom. The standard InChI is InChI=1S/C23H28N6O4S.ClH/c1-26-8-10-27(11-9-26)19-5-3-2-4-18(19)24-23(34)25-22(30)17-6-7-20(21(16-17)29(31)32)28-12-14-33-15-13-28;/h2-7,16H,8-15H2,1H3,(H2,24,25,30,34);1H. The lowest BCUT2D eigenvalue weighted by molar-refractivity contribution is -0.384. The number of para-hydroxylation sites is 2. The van der Waals surface area contributed by atoms with Gasteiger partial charge >= 0.3 is 0 Å². The normalized spacial score (nSPS) is 16.3. The lowest BCUT2D eigenvalue weighted by atomic mass is 10.1. The highest BCUT2D eigenvalue weighted by atomic mass is 35.5. The molecular weight excluding hydrogens is 492 g/mol. The summed E-state index contributed by atoms with van der Waals surface area (Å²) in [6.45, 7) is 5.87. The number of halogens is 1. The number of likely N-dealkylation sites (N-methyl/N-ethyl adjacent to an activating group) is 1. The van der Waals surface area contributed by atoms with Crippen molar-refractivity contribution in [2.75, 3.05) is 74.6 Å². The molecule has 35 heavy (non-hydrogen) atoms. The van der Waals surface area contributed by atoms with E-state index in [-0.39, 0.29) is 28.8 Å². The number of hydrogen-bond donors (Lipinski definition) is 2. The van der Waals surface area contributed by atoms with Gasteiger partial charge in [0.15, 0.2) is 5.11 Å². The Kier molecular flexibility index (Phi) is 9.21. The summed E-state index contributed by atoms with van der Waals surface area (Å²) in [7, 11) is 2.10. The minimum Gasteiger partial charge on any atom is -0.378 e. The number of nitrogens with zero attached hydrogens (tertiary/aromatic N) is 4. The summed E-state index contributed by atoms with van der Waals surface area (Å²) in [5.41, 5.74) is 2.34. The maximum atomic E-state index is 12.8. The molecule has 2 saturated heterocycles. The number of nitro groups is 1. The molecule has 12 heteroatoms. The highest BCUT2D eigenvalue weighted by molar-refractivity contribution is 7.80. The smallest absolute Gasteiger partial charge is 0.293 e. The molecule has 10 nitrogen and oxygen atoms in total. The third-order valence-electron chi connectivity index (χ3n) is 6.01. The van der Waals surface area contributed by atoms with Crippen molar-refractivity contribution in [1.82, 2.24) is 10.2 Å². The van der Waals surface area contributed by atoms with Gasteiger partial charge in [-0.3, -0.25) is 20.2 Å². The Morgan fingerprint density at radius 1 is 1.00 bits per heavy atom. The van der Waals surface area contributed by atoms with Gasteiger partial charge in [0.25, 0.3) is 11.6 Å². The Balaban J connectivity index is 0.00000342. The molecular formula is C23H29ClN6O4S. The lowest BCUT2D eigenvalue weighted by Crippen LogP contribution is -2.45. The zero-order valence-electron chi connectivity index (χ0n) is 19.4. The van der Waals surface area contributed by atoms with Gasteiger partial charge in [0.1, 0.15) is 5.69 Å². The third-order valence-corrected chi connectivity index (χ3v) is 6.21. The number of carbonyl (C=O) groups is 1. The number of benzene rings is 2. The molecule has 0 radical (unpaired) electrons. The largest absolute Gasteiger partial charge is 0.378 e. The van der Waals surface area contributed by atoms with E-state index in [1.54, 1.807) is 12.1 Å². The molecule has 2 heterocycles. The molecule has 0 saturated carbocycles. The number of nitro benzene ring substituents is 1. The van der Waals surface area contributed by atoms with Gasteiger partial charge in [-0.05, 0) is 43.5 Å². The number of amides is 1. The summed E-state index contributed by atoms with van der Waals surface area (Å²) in [6.07, 6.45) is 0. The lowest BCUT2D eigenvalue weighted by Gasteiger charge is -2.35. The first-order valence-corrected chi connectivity index (χ1v) is 11.6. The van der Waals surface area contributed by atoms with Crippen molar-refractivity contribution in [2.24, 2.45) is 0 Å². The number of carbonyl (C=O) groups excluding carboxylic acids is 1. The second-order valence-corrected chi connectivity index (χ2v) is 8.68. The van der Waals surface area contributed by atoms with E-state index < -0.39 is 10.8 Å². The molecule has 2 fully saturated rings. The van der Waals surface area contributed by atoms with Gasteiger partial charge in [0.2, 0.25) is 0 Å². The summed E-state index contributed by atoms with van der Waals surface area (Å²) < 4.78 is 5.33. The number of thiocarbonyl (C=S) groups is 1. The average Bonchev–Trinajstić information content (AvgIpc) is 2.85. The van der Waals surface area contributed by atoms with Crippen molar-refractivity contribution in [3.05, 3.63) is 58.1 Å². The van der Waals surface area contributed by atoms with Gasteiger partial charge in [-0.25, -0.2) is 0 Å². The van der Waals surface area contributed by atoms with E-state index in [1.165, 1.54) is 6.07 Å². The quantitative estimate of drug-likeness (QED) is 0.350. The van der Waals surface area contributed by atoms with Crippen molar-refractivity contribution in [3.8, 4) is 0 Å². The van der Waals surface area contributed by atoms with Crippen LogP contribution in [0.15, 0.2) is 42.5 Å². The number of anilines is 3. The maximum absolute atomic E-state index is 12.8. The van der Waals surface area contributed by atoms with Gasteiger partial charge in [-0.2, -0.15) is 0 Å². The van der Waals surface area contributed by atoms with E-state index in [1.807, 2.05) is 29.2 Å². The SMILES string of the molecule is CN1CCN(c2ccccc2NC(=S)NC(=O)c2ccc(N3CCOCC3)c([N+](=O)[O-])c2)CC1.Cl. The van der Waals surface area contributed by atoms with Crippen LogP contribution in [0.4, 0.5) is 22.7 Å². The molecule has 2 aromatic carbocycles. The molecule has 2 aromatic rings. The molecule has 4 rings (SSSR count). The molecule has 0 spiro atoms. The van der Waals surface area contributed by atoms with E-state index >= 15 is 0 Å². The van der Waals surface area contributed by atoms with Crippen LogP contribution >= 0.6 is 24.6 Å². The van der Waals surface area contributed by atoms with Crippen molar-refractivity contribution in [2.45, 2.75) is 0 Å². The fourth-order valence-electron chi connectivity index (χ4n) is 4.11. The van der Waals surface area contributed by atoms with Crippen LogP contribution in [0.5, 0.6) is 0 Å². The molecule has 0 unspecified atom stereocenters. The number of piperazine rings is 1. The Labute approximate surface area is 215 Å². The van der Waals surface area contributed by atoms with E-state index in [9.17, 15) is 14.9 Å². The van der Waals surface area contributed by atoms with E-state index in [2.05, 4.69) is 27.5 Å². The second-order valence-electron chi connectivity index (χ2n) is 8.28. The van der Waals surface area contributed by atoms with Gasteiger partial charge in [-0.15, -0.1) is 12.4 Å². The molecule has 2 aliphatic rings. The maximum Gasteiger partial charge on any atom is 0.293 e. The van der Waals surface area contributed by atoms with Crippen LogP contribution in [-0.4, -0.2) is 80.4 Å². The molecule has 188 valence electrons. The zero-order chi connectivity index (χ0) is 24.1. The first-order valence-electron chi connectivity index (χ1n) is 11.2. The molecule has 0 atom stereocenters. The predicted octanol–water partition coefficient (Wildman–Crippen LogP) is 2.73. The molecule has 2 aliphatic heterocycles. The van der Waals surface area contributed by atoms with Crippen LogP contribution in [0.2, 0.25) is 0 Å². The van der Waals surface area contributed by atoms with E-state index in [0.717, 1.165) is 37.6 Å². The monoisotopic (exact) mass is 520 g/mol. The number of morpholine rings is 1. The fourth-order valence-corrected chi connectivity index (χ4v) is 4.32. The Hall–Kier alpha value is -2.99. The highest BCUT2D eigenvalue weighted by Crippen LogP contribution is 2.30. The zero-order valence-corrected chi connectivity index (χ0v) is 21.1. The van der Waals surface area contributed by atoms with Crippen LogP contribution in [0.1, 0.15) is 10.4 Å². The minimum atomic E-state index is -0.508. The molecule has 0 bridgehead atoms. The van der Waals surface area contributed by atoms with Crippen LogP contribution in [-0.2, 0) is 4.74 Å². The Bertz CT molecular complexity index is 1070. The molecule has 0 aliphatic carbocycles. The highest BCUT2D eigenvalue weighted by Gasteiger charge is 2.24. The second kappa shape index (κ2) is 12.1. The van der Waals surface area contributed by atoms with Crippen molar-refractivity contribution in [1.29, 1.82) is 0 Å². The van der Waals surface area contributed by atoms with Crippen LogP contribution in [0, 0.1) is 10.1 Å². The van der Waals surface area contributed by atoms with E-state index in [4.69, 9.17) is 17.0 Å². The predicted molar refractivity (Wildman–Crippen MR) is 143 cm³/mol. The molecule has 1 amide bonds. The van der Waals surface area contributed by atoms with Gasteiger partial charge in [0.05, 0.1) is 29.5 Å². The number of hydrogen-bond acceptors (Lipinski definition) is 8. The summed E-state index contributed by atoms with van der Waals surface area (Å²) >= 11 is 5.38. The van der Waals surface area contributed by atoms with Crippen molar-refractivity contribution >= 4 is 58.4 Å². The van der Waals surface area contributed by atoms with Crippen molar-refractivity contribution in [3.63, 3.8) is 0 Å². The summed E-state index contributed by atoms with van der Waals surface area (Å²) in [6, 6.07) is 12.3. The average molecular weight is 521 g/mol. The fraction of sp³-hybridized carbons (Fsp3) is 0.391. The van der Waals surface area contributed by atoms with E-state index in [0.29, 0.717) is 32.0 Å². The van der Waals surface area contributed by atoms with Crippen LogP contribution in [0.3, 0.4) is 0 Å². The van der Waals surface area contributed by atoms with Gasteiger partial charge in [-0.1, -0.05) is 12.1 Å². The first kappa shape index (κ1) is 26.6. The van der Waals surface area contributed by atoms with Crippen LogP contribution in [0.25, 0.3) is 0 Å². The topological polar surface area (TPSA) is 103 Å². The molecule has 0 aromatic heterocycles. The van der Waals surface area contributed by atoms with Gasteiger partial charge in [0, 0.05) is 50.9 Å². The summed E-state index contributed by atoms with van der Waals surface area (Å²) in [5, 5.41) is 17.6. The Morgan fingerprint density at radius 3 is 2.34 bits per heavy atom. The van der Waals surface area contributed by atoms with Crippen LogP contribution < -0.4 is 20.4 Å².